The standard InChI is InChI=1S/C17H18ClN3O/c18-17-4-2-1-3-16(17)12-7-14(9-15(22)8-12)20-6-5-13-10-19-11-21-13/h1-4,10-12H,5-9H2,(H,19,21)/t12-/m1/s1. The lowest BCUT2D eigenvalue weighted by Gasteiger charge is -2.23. The second-order valence-corrected chi connectivity index (χ2v) is 6.02. The van der Waals surface area contributed by atoms with E-state index in [4.69, 9.17) is 11.6 Å². The van der Waals surface area contributed by atoms with Gasteiger partial charge in [-0.05, 0) is 24.0 Å². The van der Waals surface area contributed by atoms with Crippen molar-refractivity contribution in [2.24, 2.45) is 4.99 Å². The summed E-state index contributed by atoms with van der Waals surface area (Å²) in [5.41, 5.74) is 3.10. The Kier molecular flexibility index (Phi) is 4.68. The number of nitrogens with zero attached hydrogens (tertiary/aromatic N) is 2. The van der Waals surface area contributed by atoms with Crippen molar-refractivity contribution in [3.63, 3.8) is 0 Å². The third-order valence-corrected chi connectivity index (χ3v) is 4.32. The highest BCUT2D eigenvalue weighted by Crippen LogP contribution is 2.33. The largest absolute Gasteiger partial charge is 0.348 e. The third kappa shape index (κ3) is 3.63. The molecule has 1 heterocycles. The van der Waals surface area contributed by atoms with E-state index in [9.17, 15) is 4.79 Å². The summed E-state index contributed by atoms with van der Waals surface area (Å²) < 4.78 is 0. The summed E-state index contributed by atoms with van der Waals surface area (Å²) in [6.45, 7) is 0.681. The number of Topliss-reactive ketones (excluding diaryl/α,β-unsaturated/α-hetero) is 1. The van der Waals surface area contributed by atoms with Crippen molar-refractivity contribution < 1.29 is 4.79 Å². The topological polar surface area (TPSA) is 58.1 Å². The molecule has 114 valence electrons. The predicted molar refractivity (Wildman–Crippen MR) is 87.6 cm³/mol. The van der Waals surface area contributed by atoms with Gasteiger partial charge in [0.25, 0.3) is 0 Å². The molecule has 1 atom stereocenters. The van der Waals surface area contributed by atoms with E-state index >= 15 is 0 Å². The van der Waals surface area contributed by atoms with Crippen LogP contribution in [0.4, 0.5) is 0 Å². The number of aromatic amines is 1. The minimum Gasteiger partial charge on any atom is -0.348 e. The van der Waals surface area contributed by atoms with Crippen LogP contribution >= 0.6 is 11.6 Å². The van der Waals surface area contributed by atoms with Gasteiger partial charge in [0, 0.05) is 48.4 Å². The molecule has 0 unspecified atom stereocenters. The van der Waals surface area contributed by atoms with Crippen LogP contribution in [-0.2, 0) is 11.2 Å². The first-order valence-electron chi connectivity index (χ1n) is 7.48. The summed E-state index contributed by atoms with van der Waals surface area (Å²) in [7, 11) is 0. The highest BCUT2D eigenvalue weighted by Gasteiger charge is 2.26. The molecule has 0 aliphatic heterocycles. The van der Waals surface area contributed by atoms with Crippen LogP contribution < -0.4 is 0 Å². The molecule has 4 nitrogen and oxygen atoms in total. The van der Waals surface area contributed by atoms with Gasteiger partial charge in [0.2, 0.25) is 0 Å². The van der Waals surface area contributed by atoms with Crippen LogP contribution in [-0.4, -0.2) is 28.0 Å². The summed E-state index contributed by atoms with van der Waals surface area (Å²) in [5.74, 6) is 0.400. The normalized spacial score (nSPS) is 20.5. The van der Waals surface area contributed by atoms with Crippen LogP contribution in [0.25, 0.3) is 0 Å². The SMILES string of the molecule is O=C1CC(=NCCc2cnc[nH]2)C[C@@H](c2ccccc2Cl)C1. The molecule has 1 saturated carbocycles. The number of carbonyl (C=O) groups is 1. The molecule has 5 heteroatoms. The molecule has 3 rings (SSSR count). The average Bonchev–Trinajstić information content (AvgIpc) is 3.00. The number of rotatable bonds is 4. The second kappa shape index (κ2) is 6.88. The van der Waals surface area contributed by atoms with Gasteiger partial charge in [-0.1, -0.05) is 29.8 Å². The number of halogens is 1. The van der Waals surface area contributed by atoms with E-state index in [1.54, 1.807) is 12.5 Å². The van der Waals surface area contributed by atoms with Gasteiger partial charge in [0.1, 0.15) is 5.78 Å². The number of hydrogen-bond donors (Lipinski definition) is 1. The lowest BCUT2D eigenvalue weighted by molar-refractivity contribution is -0.118. The van der Waals surface area contributed by atoms with Gasteiger partial charge in [-0.25, -0.2) is 4.98 Å². The Morgan fingerprint density at radius 3 is 2.95 bits per heavy atom. The fraction of sp³-hybridized carbons (Fsp3) is 0.353. The lowest BCUT2D eigenvalue weighted by Crippen LogP contribution is -2.22. The zero-order valence-electron chi connectivity index (χ0n) is 12.3. The smallest absolute Gasteiger partial charge is 0.139 e. The van der Waals surface area contributed by atoms with Crippen molar-refractivity contribution in [1.82, 2.24) is 9.97 Å². The van der Waals surface area contributed by atoms with Gasteiger partial charge in [0.05, 0.1) is 6.33 Å². The number of carbonyl (C=O) groups excluding carboxylic acids is 1. The molecule has 22 heavy (non-hydrogen) atoms. The van der Waals surface area contributed by atoms with Crippen molar-refractivity contribution >= 4 is 23.1 Å². The monoisotopic (exact) mass is 315 g/mol. The molecule has 1 aliphatic rings. The summed E-state index contributed by atoms with van der Waals surface area (Å²) >= 11 is 6.26. The molecule has 0 radical (unpaired) electrons. The summed E-state index contributed by atoms with van der Waals surface area (Å²) in [5, 5.41) is 0.735. The Morgan fingerprint density at radius 2 is 2.18 bits per heavy atom. The van der Waals surface area contributed by atoms with E-state index in [1.807, 2.05) is 24.3 Å². The molecule has 0 saturated heterocycles. The summed E-state index contributed by atoms with van der Waals surface area (Å²) in [4.78, 5) is 23.7. The van der Waals surface area contributed by atoms with E-state index in [0.29, 0.717) is 19.4 Å². The molecule has 1 N–H and O–H groups in total. The van der Waals surface area contributed by atoms with Gasteiger partial charge in [-0.2, -0.15) is 0 Å². The van der Waals surface area contributed by atoms with Crippen LogP contribution in [0.5, 0.6) is 0 Å². The number of ketones is 1. The summed E-state index contributed by atoms with van der Waals surface area (Å²) in [6, 6.07) is 7.77. The molecule has 1 aliphatic carbocycles. The minimum atomic E-state index is 0.154. The van der Waals surface area contributed by atoms with Crippen LogP contribution in [0.3, 0.4) is 0 Å². The van der Waals surface area contributed by atoms with Crippen molar-refractivity contribution in [3.05, 3.63) is 53.1 Å². The Bertz CT molecular complexity index is 679. The maximum absolute atomic E-state index is 12.0. The Hall–Kier alpha value is -1.94. The van der Waals surface area contributed by atoms with Gasteiger partial charge in [-0.3, -0.25) is 9.79 Å². The second-order valence-electron chi connectivity index (χ2n) is 5.62. The third-order valence-electron chi connectivity index (χ3n) is 3.97. The number of imidazole rings is 1. The molecule has 1 aromatic heterocycles. The minimum absolute atomic E-state index is 0.154. The maximum Gasteiger partial charge on any atom is 0.139 e. The molecular formula is C17H18ClN3O. The lowest BCUT2D eigenvalue weighted by atomic mass is 9.82. The van der Waals surface area contributed by atoms with Gasteiger partial charge in [-0.15, -0.1) is 0 Å². The quantitative estimate of drug-likeness (QED) is 0.937. The maximum atomic E-state index is 12.0. The van der Waals surface area contributed by atoms with Crippen LogP contribution in [0.2, 0.25) is 5.02 Å². The first-order chi connectivity index (χ1) is 10.7. The zero-order valence-corrected chi connectivity index (χ0v) is 13.0. The Morgan fingerprint density at radius 1 is 1.32 bits per heavy atom. The highest BCUT2D eigenvalue weighted by atomic mass is 35.5. The van der Waals surface area contributed by atoms with Gasteiger partial charge < -0.3 is 4.98 Å². The van der Waals surface area contributed by atoms with Crippen LogP contribution in [0, 0.1) is 0 Å². The Labute approximate surface area is 134 Å². The summed E-state index contributed by atoms with van der Waals surface area (Å²) in [6.07, 6.45) is 6.14. The van der Waals surface area contributed by atoms with E-state index in [0.717, 1.165) is 34.8 Å². The molecule has 1 aromatic carbocycles. The number of benzene rings is 1. The van der Waals surface area contributed by atoms with Crippen LogP contribution in [0.1, 0.15) is 36.4 Å². The van der Waals surface area contributed by atoms with Gasteiger partial charge >= 0.3 is 0 Å². The van der Waals surface area contributed by atoms with Crippen molar-refractivity contribution in [2.45, 2.75) is 31.6 Å². The van der Waals surface area contributed by atoms with Crippen LogP contribution in [0.15, 0.2) is 41.8 Å². The van der Waals surface area contributed by atoms with E-state index in [-0.39, 0.29) is 11.7 Å². The molecule has 0 amide bonds. The molecule has 2 aromatic rings. The molecular weight excluding hydrogens is 298 g/mol. The highest BCUT2D eigenvalue weighted by molar-refractivity contribution is 6.31. The van der Waals surface area contributed by atoms with E-state index in [2.05, 4.69) is 15.0 Å². The number of H-pyrrole nitrogens is 1. The first-order valence-corrected chi connectivity index (χ1v) is 7.85. The fourth-order valence-electron chi connectivity index (χ4n) is 2.91. The Balaban J connectivity index is 1.68. The van der Waals surface area contributed by atoms with E-state index < -0.39 is 0 Å². The number of hydrogen-bond acceptors (Lipinski definition) is 3. The van der Waals surface area contributed by atoms with Crippen molar-refractivity contribution in [3.8, 4) is 0 Å². The molecule has 0 bridgehead atoms. The van der Waals surface area contributed by atoms with E-state index in [1.165, 1.54) is 0 Å². The number of aromatic nitrogens is 2. The zero-order chi connectivity index (χ0) is 15.4. The first kappa shape index (κ1) is 15.0. The van der Waals surface area contributed by atoms with Gasteiger partial charge in [0.15, 0.2) is 0 Å². The fourth-order valence-corrected chi connectivity index (χ4v) is 3.20. The molecule has 1 fully saturated rings. The van der Waals surface area contributed by atoms with Crippen molar-refractivity contribution in [2.75, 3.05) is 6.54 Å². The molecule has 0 spiro atoms. The van der Waals surface area contributed by atoms with Crippen molar-refractivity contribution in [1.29, 1.82) is 0 Å². The predicted octanol–water partition coefficient (Wildman–Crippen LogP) is 3.58. The number of aliphatic imine (C=N–C) groups is 1. The average molecular weight is 316 g/mol. The number of nitrogens with one attached hydrogen (secondary N) is 1.